The molecule has 0 radical (unpaired) electrons. The second-order valence-electron chi connectivity index (χ2n) is 7.10. The van der Waals surface area contributed by atoms with Crippen LogP contribution in [0.3, 0.4) is 0 Å². The fourth-order valence-electron chi connectivity index (χ4n) is 2.77. The van der Waals surface area contributed by atoms with Crippen LogP contribution in [0.15, 0.2) is 30.7 Å². The molecule has 0 bridgehead atoms. The minimum absolute atomic E-state index is 0.281. The van der Waals surface area contributed by atoms with E-state index in [1.165, 1.54) is 24.7 Å². The first-order valence-corrected chi connectivity index (χ1v) is 8.80. The quantitative estimate of drug-likeness (QED) is 0.715. The maximum absolute atomic E-state index is 14.6. The van der Waals surface area contributed by atoms with E-state index in [9.17, 15) is 9.50 Å². The number of aliphatic hydroxyl groups is 1. The number of pyridine rings is 1. The third-order valence-corrected chi connectivity index (χ3v) is 4.63. The van der Waals surface area contributed by atoms with E-state index < -0.39 is 11.4 Å². The van der Waals surface area contributed by atoms with Gasteiger partial charge >= 0.3 is 0 Å². The number of rotatable bonds is 4. The van der Waals surface area contributed by atoms with E-state index in [0.717, 1.165) is 23.9 Å². The number of fused-ring (bicyclic) bond motifs is 1. The molecule has 7 heteroatoms. The molecule has 2 aromatic heterocycles. The zero-order valence-corrected chi connectivity index (χ0v) is 15.2. The van der Waals surface area contributed by atoms with Crippen LogP contribution in [0, 0.1) is 5.82 Å². The summed E-state index contributed by atoms with van der Waals surface area (Å²) in [6.07, 6.45) is 6.75. The van der Waals surface area contributed by atoms with E-state index in [2.05, 4.69) is 20.3 Å². The van der Waals surface area contributed by atoms with Crippen LogP contribution in [0.1, 0.15) is 32.5 Å². The molecule has 4 rings (SSSR count). The zero-order valence-electron chi connectivity index (χ0n) is 14.4. The van der Waals surface area contributed by atoms with Gasteiger partial charge in [0.15, 0.2) is 5.82 Å². The summed E-state index contributed by atoms with van der Waals surface area (Å²) in [4.78, 5) is 12.6. The molecule has 2 heterocycles. The van der Waals surface area contributed by atoms with E-state index >= 15 is 0 Å². The Labute approximate surface area is 155 Å². The second kappa shape index (κ2) is 6.14. The predicted molar refractivity (Wildman–Crippen MR) is 99.6 cm³/mol. The molecule has 26 heavy (non-hydrogen) atoms. The normalized spacial score (nSPS) is 14.7. The van der Waals surface area contributed by atoms with Crippen molar-refractivity contribution >= 4 is 28.2 Å². The molecule has 1 fully saturated rings. The first-order valence-electron chi connectivity index (χ1n) is 8.42. The Bertz CT molecular complexity index is 981. The lowest BCUT2D eigenvalue weighted by molar-refractivity contribution is 0.0687. The van der Waals surface area contributed by atoms with Gasteiger partial charge in [0.2, 0.25) is 0 Å². The van der Waals surface area contributed by atoms with Gasteiger partial charge in [0, 0.05) is 47.2 Å². The number of nitrogens with zero attached hydrogens (tertiary/aromatic N) is 3. The molecule has 0 saturated heterocycles. The van der Waals surface area contributed by atoms with Crippen LogP contribution in [0.4, 0.5) is 10.1 Å². The SMILES string of the molecule is CC(C)(O)c1ncc(-c2cc3c(NC4CC4)c(Cl)cnc3cc2F)cn1. The highest BCUT2D eigenvalue weighted by Gasteiger charge is 2.24. The molecule has 0 amide bonds. The van der Waals surface area contributed by atoms with Crippen LogP contribution in [0.2, 0.25) is 5.02 Å². The number of hydrogen-bond donors (Lipinski definition) is 2. The van der Waals surface area contributed by atoms with Gasteiger partial charge in [-0.25, -0.2) is 14.4 Å². The molecular weight excluding hydrogens is 355 g/mol. The smallest absolute Gasteiger partial charge is 0.159 e. The van der Waals surface area contributed by atoms with Gasteiger partial charge in [0.1, 0.15) is 11.4 Å². The van der Waals surface area contributed by atoms with Crippen LogP contribution < -0.4 is 5.32 Å². The van der Waals surface area contributed by atoms with Gasteiger partial charge in [-0.05, 0) is 32.8 Å². The van der Waals surface area contributed by atoms with E-state index in [0.29, 0.717) is 27.7 Å². The Morgan fingerprint density at radius 2 is 1.85 bits per heavy atom. The number of anilines is 1. The topological polar surface area (TPSA) is 70.9 Å². The van der Waals surface area contributed by atoms with Gasteiger partial charge in [0.05, 0.1) is 16.2 Å². The fourth-order valence-corrected chi connectivity index (χ4v) is 2.98. The summed E-state index contributed by atoms with van der Waals surface area (Å²) >= 11 is 6.31. The predicted octanol–water partition coefficient (Wildman–Crippen LogP) is 4.29. The third-order valence-electron chi connectivity index (χ3n) is 4.35. The van der Waals surface area contributed by atoms with Crippen LogP contribution >= 0.6 is 11.6 Å². The van der Waals surface area contributed by atoms with E-state index in [1.54, 1.807) is 19.9 Å². The minimum Gasteiger partial charge on any atom is -0.382 e. The summed E-state index contributed by atoms with van der Waals surface area (Å²) in [5.74, 6) is -0.132. The van der Waals surface area contributed by atoms with Gasteiger partial charge in [-0.3, -0.25) is 4.98 Å². The molecule has 134 valence electrons. The highest BCUT2D eigenvalue weighted by atomic mass is 35.5. The summed E-state index contributed by atoms with van der Waals surface area (Å²) in [6, 6.07) is 3.51. The van der Waals surface area contributed by atoms with E-state index in [-0.39, 0.29) is 5.82 Å². The van der Waals surface area contributed by atoms with Gasteiger partial charge in [-0.15, -0.1) is 0 Å². The Balaban J connectivity index is 1.83. The average Bonchev–Trinajstić information content (AvgIpc) is 3.41. The Hall–Kier alpha value is -2.31. The van der Waals surface area contributed by atoms with Crippen LogP contribution in [0.25, 0.3) is 22.0 Å². The summed E-state index contributed by atoms with van der Waals surface area (Å²) in [7, 11) is 0. The first kappa shape index (κ1) is 17.1. The molecule has 1 aliphatic rings. The molecule has 3 aromatic rings. The standard InChI is InChI=1S/C19H18ClFN4O/c1-19(2,26)18-23-7-10(8-24-18)12-5-13-16(6-15(12)21)22-9-14(20)17(13)25-11-3-4-11/h5-9,11,26H,3-4H2,1-2H3,(H,22,25). The van der Waals surface area contributed by atoms with E-state index in [1.807, 2.05) is 0 Å². The molecule has 5 nitrogen and oxygen atoms in total. The number of aromatic nitrogens is 3. The minimum atomic E-state index is -1.15. The number of benzene rings is 1. The molecule has 1 saturated carbocycles. The van der Waals surface area contributed by atoms with Crippen molar-refractivity contribution < 1.29 is 9.50 Å². The van der Waals surface area contributed by atoms with Crippen molar-refractivity contribution in [2.45, 2.75) is 38.3 Å². The van der Waals surface area contributed by atoms with Gasteiger partial charge in [0.25, 0.3) is 0 Å². The summed E-state index contributed by atoms with van der Waals surface area (Å²) in [5, 5.41) is 14.6. The fraction of sp³-hybridized carbons (Fsp3) is 0.316. The Morgan fingerprint density at radius 3 is 2.46 bits per heavy atom. The molecule has 0 atom stereocenters. The lowest BCUT2D eigenvalue weighted by Gasteiger charge is -2.15. The van der Waals surface area contributed by atoms with Crippen molar-refractivity contribution in [1.29, 1.82) is 0 Å². The summed E-state index contributed by atoms with van der Waals surface area (Å²) < 4.78 is 14.6. The molecular formula is C19H18ClFN4O. The Morgan fingerprint density at radius 1 is 1.15 bits per heavy atom. The van der Waals surface area contributed by atoms with Crippen LogP contribution in [-0.2, 0) is 5.60 Å². The van der Waals surface area contributed by atoms with Crippen molar-refractivity contribution in [3.63, 3.8) is 0 Å². The highest BCUT2D eigenvalue weighted by Crippen LogP contribution is 2.37. The summed E-state index contributed by atoms with van der Waals surface area (Å²) in [6.45, 7) is 3.20. The first-order chi connectivity index (χ1) is 12.3. The maximum atomic E-state index is 14.6. The van der Waals surface area contributed by atoms with Gasteiger partial charge in [-0.1, -0.05) is 11.6 Å². The second-order valence-corrected chi connectivity index (χ2v) is 7.51. The number of nitrogens with one attached hydrogen (secondary N) is 1. The number of halogens is 2. The third kappa shape index (κ3) is 3.22. The van der Waals surface area contributed by atoms with Crippen LogP contribution in [-0.4, -0.2) is 26.1 Å². The van der Waals surface area contributed by atoms with Gasteiger partial charge in [-0.2, -0.15) is 0 Å². The zero-order chi connectivity index (χ0) is 18.5. The lowest BCUT2D eigenvalue weighted by Crippen LogP contribution is -2.19. The largest absolute Gasteiger partial charge is 0.382 e. The van der Waals surface area contributed by atoms with Crippen molar-refractivity contribution in [3.05, 3.63) is 47.4 Å². The molecule has 0 unspecified atom stereocenters. The highest BCUT2D eigenvalue weighted by molar-refractivity contribution is 6.34. The molecule has 2 N–H and O–H groups in total. The monoisotopic (exact) mass is 372 g/mol. The van der Waals surface area contributed by atoms with Gasteiger partial charge < -0.3 is 10.4 Å². The lowest BCUT2D eigenvalue weighted by atomic mass is 10.0. The summed E-state index contributed by atoms with van der Waals surface area (Å²) in [5.41, 5.74) is 1.04. The van der Waals surface area contributed by atoms with E-state index in [4.69, 9.17) is 11.6 Å². The van der Waals surface area contributed by atoms with Crippen molar-refractivity contribution in [2.75, 3.05) is 5.32 Å². The number of hydrogen-bond acceptors (Lipinski definition) is 5. The Kier molecular flexibility index (Phi) is 4.04. The van der Waals surface area contributed by atoms with Crippen molar-refractivity contribution in [2.24, 2.45) is 0 Å². The maximum Gasteiger partial charge on any atom is 0.159 e. The molecule has 1 aromatic carbocycles. The van der Waals surface area contributed by atoms with Crippen LogP contribution in [0.5, 0.6) is 0 Å². The molecule has 1 aliphatic carbocycles. The average molecular weight is 373 g/mol. The van der Waals surface area contributed by atoms with Crippen molar-refractivity contribution in [1.82, 2.24) is 15.0 Å². The molecule has 0 aliphatic heterocycles. The molecule has 0 spiro atoms. The van der Waals surface area contributed by atoms with Crippen molar-refractivity contribution in [3.8, 4) is 11.1 Å².